The molecule has 4 aromatic carbocycles. The van der Waals surface area contributed by atoms with Gasteiger partial charge in [0.2, 0.25) is 0 Å². The molecule has 4 rings (SSSR count). The molecule has 0 atom stereocenters. The Morgan fingerprint density at radius 1 is 0.417 bits per heavy atom. The lowest BCUT2D eigenvalue weighted by atomic mass is 9.90. The number of benzene rings is 4. The van der Waals surface area contributed by atoms with Gasteiger partial charge in [0.05, 0.1) is 0 Å². The zero-order valence-electron chi connectivity index (χ0n) is 14.8. The fourth-order valence-corrected chi connectivity index (χ4v) is 3.81. The molecule has 24 heavy (non-hydrogen) atoms. The van der Waals surface area contributed by atoms with Crippen LogP contribution in [0.5, 0.6) is 0 Å². The lowest BCUT2D eigenvalue weighted by molar-refractivity contribution is 1.14. The SMILES string of the molecule is CCc1ccc2c(c1)c1ccc(CC)cc1c1ccc(CC)cc21. The van der Waals surface area contributed by atoms with Gasteiger partial charge in [-0.3, -0.25) is 0 Å². The van der Waals surface area contributed by atoms with E-state index < -0.39 is 0 Å². The molecule has 4 aromatic rings. The van der Waals surface area contributed by atoms with Gasteiger partial charge in [0.1, 0.15) is 0 Å². The minimum atomic E-state index is 1.08. The predicted octanol–water partition coefficient (Wildman–Crippen LogP) is 6.83. The van der Waals surface area contributed by atoms with Crippen LogP contribution in [-0.4, -0.2) is 0 Å². The largest absolute Gasteiger partial charge is 0.0613 e. The van der Waals surface area contributed by atoms with E-state index in [-0.39, 0.29) is 0 Å². The molecule has 120 valence electrons. The third kappa shape index (κ3) is 2.29. The van der Waals surface area contributed by atoms with Crippen molar-refractivity contribution >= 4 is 32.3 Å². The molecule has 0 aromatic heterocycles. The van der Waals surface area contributed by atoms with Crippen molar-refractivity contribution in [2.24, 2.45) is 0 Å². The summed E-state index contributed by atoms with van der Waals surface area (Å²) in [5.41, 5.74) is 4.23. The van der Waals surface area contributed by atoms with E-state index in [0.29, 0.717) is 0 Å². The van der Waals surface area contributed by atoms with E-state index in [4.69, 9.17) is 0 Å². The Morgan fingerprint density at radius 2 is 0.708 bits per heavy atom. The highest BCUT2D eigenvalue weighted by Crippen LogP contribution is 2.36. The Kier molecular flexibility index (Phi) is 3.76. The summed E-state index contributed by atoms with van der Waals surface area (Å²) in [6.45, 7) is 6.69. The fourth-order valence-electron chi connectivity index (χ4n) is 3.81. The Morgan fingerprint density at radius 3 is 0.958 bits per heavy atom. The molecule has 0 saturated carbocycles. The Bertz CT molecular complexity index is 886. The Balaban J connectivity index is 2.25. The first-order valence-electron chi connectivity index (χ1n) is 9.15. The molecule has 0 aliphatic carbocycles. The summed E-state index contributed by atoms with van der Waals surface area (Å²) in [5.74, 6) is 0. The van der Waals surface area contributed by atoms with E-state index in [0.717, 1.165) is 19.3 Å². The first kappa shape index (κ1) is 15.2. The minimum absolute atomic E-state index is 1.08. The number of fused-ring (bicyclic) bond motifs is 6. The Hall–Kier alpha value is -2.34. The molecule has 0 heteroatoms. The molecule has 0 aliphatic heterocycles. The van der Waals surface area contributed by atoms with Gasteiger partial charge in [0.15, 0.2) is 0 Å². The van der Waals surface area contributed by atoms with Gasteiger partial charge in [-0.1, -0.05) is 75.4 Å². The quantitative estimate of drug-likeness (QED) is 0.363. The van der Waals surface area contributed by atoms with E-state index >= 15 is 0 Å². The molecule has 0 radical (unpaired) electrons. The average Bonchev–Trinajstić information content (AvgIpc) is 2.66. The summed E-state index contributed by atoms with van der Waals surface area (Å²) in [6.07, 6.45) is 3.24. The smallest absolute Gasteiger partial charge is 0.00962 e. The third-order valence-corrected chi connectivity index (χ3v) is 5.35. The van der Waals surface area contributed by atoms with Crippen LogP contribution in [-0.2, 0) is 19.3 Å². The lowest BCUT2D eigenvalue weighted by Gasteiger charge is -2.13. The minimum Gasteiger partial charge on any atom is -0.0613 e. The molecular formula is C24H24. The van der Waals surface area contributed by atoms with Crippen molar-refractivity contribution in [2.75, 3.05) is 0 Å². The second-order valence-corrected chi connectivity index (χ2v) is 6.70. The van der Waals surface area contributed by atoms with Crippen molar-refractivity contribution in [3.05, 3.63) is 71.3 Å². The summed E-state index contributed by atoms with van der Waals surface area (Å²) in [5, 5.41) is 8.34. The zero-order valence-corrected chi connectivity index (χ0v) is 14.8. The number of rotatable bonds is 3. The third-order valence-electron chi connectivity index (χ3n) is 5.35. The summed E-state index contributed by atoms with van der Waals surface area (Å²) < 4.78 is 0. The van der Waals surface area contributed by atoms with E-state index in [1.807, 2.05) is 0 Å². The maximum Gasteiger partial charge on any atom is -0.00962 e. The molecule has 0 nitrogen and oxygen atoms in total. The highest BCUT2D eigenvalue weighted by Gasteiger charge is 2.10. The second-order valence-electron chi connectivity index (χ2n) is 6.70. The van der Waals surface area contributed by atoms with Gasteiger partial charge >= 0.3 is 0 Å². The van der Waals surface area contributed by atoms with Crippen molar-refractivity contribution < 1.29 is 0 Å². The molecule has 0 heterocycles. The van der Waals surface area contributed by atoms with Gasteiger partial charge < -0.3 is 0 Å². The molecule has 0 amide bonds. The Labute approximate surface area is 144 Å². The monoisotopic (exact) mass is 312 g/mol. The van der Waals surface area contributed by atoms with Crippen molar-refractivity contribution in [3.8, 4) is 0 Å². The van der Waals surface area contributed by atoms with E-state index in [2.05, 4.69) is 75.4 Å². The van der Waals surface area contributed by atoms with Crippen molar-refractivity contribution in [3.63, 3.8) is 0 Å². The summed E-state index contributed by atoms with van der Waals surface area (Å²) in [7, 11) is 0. The molecular weight excluding hydrogens is 288 g/mol. The van der Waals surface area contributed by atoms with Crippen LogP contribution in [0.4, 0.5) is 0 Å². The standard InChI is InChI=1S/C24H24/c1-4-16-7-10-19-22(13-16)20-11-8-17(5-2)15-24(20)21-12-9-18(6-3)14-23(19)21/h7-15H,4-6H2,1-3H3. The zero-order chi connectivity index (χ0) is 16.7. The van der Waals surface area contributed by atoms with E-state index in [1.54, 1.807) is 0 Å². The normalized spacial score (nSPS) is 11.6. The van der Waals surface area contributed by atoms with Crippen molar-refractivity contribution in [1.82, 2.24) is 0 Å². The highest BCUT2D eigenvalue weighted by atomic mass is 14.1. The van der Waals surface area contributed by atoms with Crippen LogP contribution in [0, 0.1) is 0 Å². The van der Waals surface area contributed by atoms with Gasteiger partial charge in [-0.15, -0.1) is 0 Å². The second kappa shape index (κ2) is 5.94. The average molecular weight is 312 g/mol. The van der Waals surface area contributed by atoms with Crippen LogP contribution in [0.3, 0.4) is 0 Å². The van der Waals surface area contributed by atoms with Gasteiger partial charge in [0.25, 0.3) is 0 Å². The number of aryl methyl sites for hydroxylation is 3. The van der Waals surface area contributed by atoms with Crippen molar-refractivity contribution in [2.45, 2.75) is 40.0 Å². The number of hydrogen-bond acceptors (Lipinski definition) is 0. The van der Waals surface area contributed by atoms with Crippen LogP contribution in [0.15, 0.2) is 54.6 Å². The van der Waals surface area contributed by atoms with Gasteiger partial charge in [-0.05, 0) is 68.3 Å². The molecule has 0 spiro atoms. The highest BCUT2D eigenvalue weighted by molar-refractivity contribution is 6.25. The molecule has 0 saturated heterocycles. The van der Waals surface area contributed by atoms with Crippen LogP contribution < -0.4 is 0 Å². The molecule has 0 bridgehead atoms. The van der Waals surface area contributed by atoms with E-state index in [9.17, 15) is 0 Å². The summed E-state index contributed by atoms with van der Waals surface area (Å²) >= 11 is 0. The number of hydrogen-bond donors (Lipinski definition) is 0. The first-order chi connectivity index (χ1) is 11.7. The van der Waals surface area contributed by atoms with Gasteiger partial charge in [0, 0.05) is 0 Å². The fraction of sp³-hybridized carbons (Fsp3) is 0.250. The van der Waals surface area contributed by atoms with Gasteiger partial charge in [-0.2, -0.15) is 0 Å². The van der Waals surface area contributed by atoms with Crippen LogP contribution in [0.2, 0.25) is 0 Å². The van der Waals surface area contributed by atoms with Crippen LogP contribution in [0.1, 0.15) is 37.5 Å². The summed E-state index contributed by atoms with van der Waals surface area (Å²) in [6, 6.07) is 21.0. The van der Waals surface area contributed by atoms with Crippen LogP contribution in [0.25, 0.3) is 32.3 Å². The lowest BCUT2D eigenvalue weighted by Crippen LogP contribution is -1.89. The van der Waals surface area contributed by atoms with Gasteiger partial charge in [-0.25, -0.2) is 0 Å². The topological polar surface area (TPSA) is 0 Å². The molecule has 0 fully saturated rings. The summed E-state index contributed by atoms with van der Waals surface area (Å²) in [4.78, 5) is 0. The molecule has 0 aliphatic rings. The maximum absolute atomic E-state index is 2.39. The molecule has 0 unspecified atom stereocenters. The van der Waals surface area contributed by atoms with Crippen molar-refractivity contribution in [1.29, 1.82) is 0 Å². The molecule has 0 N–H and O–H groups in total. The van der Waals surface area contributed by atoms with E-state index in [1.165, 1.54) is 49.0 Å². The predicted molar refractivity (Wildman–Crippen MR) is 107 cm³/mol. The maximum atomic E-state index is 2.39. The first-order valence-corrected chi connectivity index (χ1v) is 9.15. The van der Waals surface area contributed by atoms with Crippen LogP contribution >= 0.6 is 0 Å².